The predicted octanol–water partition coefficient (Wildman–Crippen LogP) is 1.88. The van der Waals surface area contributed by atoms with E-state index in [1.165, 1.54) is 0 Å². The van der Waals surface area contributed by atoms with Gasteiger partial charge >= 0.3 is 0 Å². The van der Waals surface area contributed by atoms with Gasteiger partial charge in [-0.25, -0.2) is 9.50 Å². The molecule has 2 heterocycles. The molecule has 9 heteroatoms. The third-order valence-corrected chi connectivity index (χ3v) is 5.25. The maximum atomic E-state index is 12.0. The number of amides is 1. The van der Waals surface area contributed by atoms with Gasteiger partial charge in [0.25, 0.3) is 5.91 Å². The number of aromatic nitrogens is 3. The van der Waals surface area contributed by atoms with E-state index in [0.717, 1.165) is 42.9 Å². The molecule has 9 nitrogen and oxygen atoms in total. The van der Waals surface area contributed by atoms with Gasteiger partial charge in [0.1, 0.15) is 5.82 Å². The smallest absolute Gasteiger partial charge is 0.251 e. The van der Waals surface area contributed by atoms with Crippen molar-refractivity contribution >= 4 is 28.7 Å². The highest BCUT2D eigenvalue weighted by Crippen LogP contribution is 2.26. The number of anilines is 3. The van der Waals surface area contributed by atoms with Crippen molar-refractivity contribution in [3.05, 3.63) is 48.3 Å². The van der Waals surface area contributed by atoms with Gasteiger partial charge in [0, 0.05) is 48.3 Å². The van der Waals surface area contributed by atoms with Crippen molar-refractivity contribution in [1.29, 1.82) is 0 Å². The Morgan fingerprint density at radius 3 is 2.87 bits per heavy atom. The molecule has 6 N–H and O–H groups in total. The number of aliphatic hydroxyl groups is 1. The molecule has 1 saturated carbocycles. The van der Waals surface area contributed by atoms with Crippen LogP contribution < -0.4 is 21.7 Å². The third kappa shape index (κ3) is 4.69. The lowest BCUT2D eigenvalue weighted by Gasteiger charge is -2.27. The number of hydrogen-bond acceptors (Lipinski definition) is 7. The van der Waals surface area contributed by atoms with Crippen LogP contribution in [0, 0.1) is 0 Å². The van der Waals surface area contributed by atoms with Crippen LogP contribution >= 0.6 is 0 Å². The van der Waals surface area contributed by atoms with Crippen molar-refractivity contribution in [2.24, 2.45) is 5.73 Å². The number of fused-ring (bicyclic) bond motifs is 1. The van der Waals surface area contributed by atoms with Crippen LogP contribution in [-0.4, -0.2) is 50.8 Å². The predicted molar refractivity (Wildman–Crippen MR) is 116 cm³/mol. The summed E-state index contributed by atoms with van der Waals surface area (Å²) < 4.78 is 1.74. The van der Waals surface area contributed by atoms with Crippen LogP contribution in [0.4, 0.5) is 17.2 Å². The van der Waals surface area contributed by atoms with E-state index in [-0.39, 0.29) is 25.1 Å². The van der Waals surface area contributed by atoms with Crippen LogP contribution in [0.5, 0.6) is 0 Å². The lowest BCUT2D eigenvalue weighted by atomic mass is 9.92. The molecule has 2 aromatic heterocycles. The number of carbonyl (C=O) groups excluding carboxylic acids is 1. The van der Waals surface area contributed by atoms with Crippen molar-refractivity contribution in [1.82, 2.24) is 19.9 Å². The molecular formula is C21H27N7O2. The Labute approximate surface area is 174 Å². The summed E-state index contributed by atoms with van der Waals surface area (Å²) >= 11 is 0. The Kier molecular flexibility index (Phi) is 6.10. The standard InChI is InChI=1S/C21H27N7O2/c22-15-2-1-3-17(12-15)26-19-13-18(20-23-8-10-28(20)27-19)25-16-6-4-14(5-7-16)21(30)24-9-11-29/h4-8,10,13,15,17,25,29H,1-3,9,11-12,22H2,(H,24,30)(H,26,27)/t15-,17-/m1/s1. The zero-order chi connectivity index (χ0) is 20.9. The number of nitrogens with zero attached hydrogens (tertiary/aromatic N) is 3. The van der Waals surface area contributed by atoms with Crippen LogP contribution in [0.3, 0.4) is 0 Å². The summed E-state index contributed by atoms with van der Waals surface area (Å²) in [5.41, 5.74) is 9.01. The van der Waals surface area contributed by atoms with Crippen LogP contribution in [0.25, 0.3) is 5.65 Å². The zero-order valence-corrected chi connectivity index (χ0v) is 16.7. The fraction of sp³-hybridized carbons (Fsp3) is 0.381. The summed E-state index contributed by atoms with van der Waals surface area (Å²) in [7, 11) is 0. The molecule has 0 aliphatic heterocycles. The van der Waals surface area contributed by atoms with Gasteiger partial charge in [0.2, 0.25) is 0 Å². The molecule has 30 heavy (non-hydrogen) atoms. The summed E-state index contributed by atoms with van der Waals surface area (Å²) in [5, 5.41) is 23.0. The zero-order valence-electron chi connectivity index (χ0n) is 16.7. The van der Waals surface area contributed by atoms with E-state index in [1.807, 2.05) is 24.4 Å². The molecule has 1 aliphatic rings. The second-order valence-corrected chi connectivity index (χ2v) is 7.59. The van der Waals surface area contributed by atoms with Crippen molar-refractivity contribution in [2.75, 3.05) is 23.8 Å². The number of nitrogens with two attached hydrogens (primary N) is 1. The Morgan fingerprint density at radius 1 is 1.27 bits per heavy atom. The van der Waals surface area contributed by atoms with E-state index < -0.39 is 0 Å². The van der Waals surface area contributed by atoms with Gasteiger partial charge in [0.15, 0.2) is 5.65 Å². The molecule has 3 aromatic rings. The first-order chi connectivity index (χ1) is 14.6. The number of benzene rings is 1. The summed E-state index contributed by atoms with van der Waals surface area (Å²) in [6.45, 7) is 0.145. The van der Waals surface area contributed by atoms with Gasteiger partial charge < -0.3 is 26.8 Å². The second kappa shape index (κ2) is 9.10. The maximum Gasteiger partial charge on any atom is 0.251 e. The molecule has 0 saturated heterocycles. The van der Waals surface area contributed by atoms with E-state index in [9.17, 15) is 4.79 Å². The first kappa shape index (κ1) is 20.1. The molecule has 1 aromatic carbocycles. The van der Waals surface area contributed by atoms with Crippen molar-refractivity contribution in [2.45, 2.75) is 37.8 Å². The fourth-order valence-corrected chi connectivity index (χ4v) is 3.78. The summed E-state index contributed by atoms with van der Waals surface area (Å²) in [6.07, 6.45) is 7.74. The highest BCUT2D eigenvalue weighted by Gasteiger charge is 2.20. The highest BCUT2D eigenvalue weighted by molar-refractivity contribution is 5.94. The largest absolute Gasteiger partial charge is 0.395 e. The van der Waals surface area contributed by atoms with Gasteiger partial charge in [-0.3, -0.25) is 4.79 Å². The average molecular weight is 409 g/mol. The quantitative estimate of drug-likeness (QED) is 0.403. The Balaban J connectivity index is 1.52. The molecule has 0 spiro atoms. The van der Waals surface area contributed by atoms with Gasteiger partial charge in [0.05, 0.1) is 12.3 Å². The Bertz CT molecular complexity index is 1000. The first-order valence-corrected chi connectivity index (χ1v) is 10.2. The number of hydrogen-bond donors (Lipinski definition) is 5. The van der Waals surface area contributed by atoms with Gasteiger partial charge in [-0.1, -0.05) is 0 Å². The number of aliphatic hydroxyl groups excluding tert-OH is 1. The molecular weight excluding hydrogens is 382 g/mol. The molecule has 4 rings (SSSR count). The van der Waals surface area contributed by atoms with Crippen molar-refractivity contribution in [3.63, 3.8) is 0 Å². The summed E-state index contributed by atoms with van der Waals surface area (Å²) in [6, 6.07) is 9.64. The Morgan fingerprint density at radius 2 is 2.10 bits per heavy atom. The summed E-state index contributed by atoms with van der Waals surface area (Å²) in [4.78, 5) is 16.4. The number of rotatable bonds is 7. The van der Waals surface area contributed by atoms with Crippen LogP contribution in [-0.2, 0) is 0 Å². The topological polar surface area (TPSA) is 130 Å². The van der Waals surface area contributed by atoms with E-state index >= 15 is 0 Å². The molecule has 0 unspecified atom stereocenters. The SMILES string of the molecule is N[C@@H]1CCC[C@@H](Nc2cc(Nc3ccc(C(=O)NCCO)cc3)c3nccn3n2)C1. The fourth-order valence-electron chi connectivity index (χ4n) is 3.78. The molecule has 0 bridgehead atoms. The average Bonchev–Trinajstić information content (AvgIpc) is 3.21. The van der Waals surface area contributed by atoms with Crippen molar-refractivity contribution in [3.8, 4) is 0 Å². The lowest BCUT2D eigenvalue weighted by Crippen LogP contribution is -2.35. The van der Waals surface area contributed by atoms with Crippen LogP contribution in [0.1, 0.15) is 36.0 Å². The van der Waals surface area contributed by atoms with E-state index in [1.54, 1.807) is 22.8 Å². The molecule has 0 radical (unpaired) electrons. The Hall–Kier alpha value is -3.17. The first-order valence-electron chi connectivity index (χ1n) is 10.2. The van der Waals surface area contributed by atoms with Gasteiger partial charge in [-0.2, -0.15) is 0 Å². The van der Waals surface area contributed by atoms with Gasteiger partial charge in [-0.05, 0) is 49.9 Å². The summed E-state index contributed by atoms with van der Waals surface area (Å²) in [5.74, 6) is 0.550. The minimum atomic E-state index is -0.215. The number of imidazole rings is 1. The molecule has 1 amide bonds. The van der Waals surface area contributed by atoms with E-state index in [4.69, 9.17) is 10.8 Å². The second-order valence-electron chi connectivity index (χ2n) is 7.59. The third-order valence-electron chi connectivity index (χ3n) is 5.25. The minimum absolute atomic E-state index is 0.0864. The minimum Gasteiger partial charge on any atom is -0.395 e. The highest BCUT2D eigenvalue weighted by atomic mass is 16.3. The van der Waals surface area contributed by atoms with E-state index in [2.05, 4.69) is 26.0 Å². The van der Waals surface area contributed by atoms with Crippen LogP contribution in [0.15, 0.2) is 42.7 Å². The molecule has 158 valence electrons. The molecule has 1 aliphatic carbocycles. The van der Waals surface area contributed by atoms with Crippen LogP contribution in [0.2, 0.25) is 0 Å². The maximum absolute atomic E-state index is 12.0. The molecule has 2 atom stereocenters. The number of carbonyl (C=O) groups is 1. The lowest BCUT2D eigenvalue weighted by molar-refractivity contribution is 0.0945. The monoisotopic (exact) mass is 409 g/mol. The van der Waals surface area contributed by atoms with Crippen molar-refractivity contribution < 1.29 is 9.90 Å². The van der Waals surface area contributed by atoms with E-state index in [0.29, 0.717) is 17.3 Å². The molecule has 1 fully saturated rings. The number of nitrogens with one attached hydrogen (secondary N) is 3. The van der Waals surface area contributed by atoms with Gasteiger partial charge in [-0.15, -0.1) is 5.10 Å². The normalized spacial score (nSPS) is 18.9.